The zero-order chi connectivity index (χ0) is 11.4. The standard InChI is InChI=1S/C9H10N2O4/c1-6-2-3-7(10-5-9(12)13)4-8(6)11(14)15/h2-4,10H,5H2,1H3,(H,12,13). The number of carboxylic acid groups (broad SMARTS) is 1. The molecule has 15 heavy (non-hydrogen) atoms. The summed E-state index contributed by atoms with van der Waals surface area (Å²) in [6, 6.07) is 4.49. The van der Waals surface area contributed by atoms with Gasteiger partial charge in [-0.15, -0.1) is 0 Å². The first kappa shape index (κ1) is 11.0. The third-order valence-corrected chi connectivity index (χ3v) is 1.85. The molecule has 0 aliphatic heterocycles. The number of aliphatic carboxylic acids is 1. The van der Waals surface area contributed by atoms with Gasteiger partial charge in [-0.3, -0.25) is 14.9 Å². The van der Waals surface area contributed by atoms with Crippen molar-refractivity contribution in [1.29, 1.82) is 0 Å². The third-order valence-electron chi connectivity index (χ3n) is 1.85. The van der Waals surface area contributed by atoms with E-state index in [0.717, 1.165) is 0 Å². The van der Waals surface area contributed by atoms with E-state index < -0.39 is 10.9 Å². The SMILES string of the molecule is Cc1ccc(NCC(=O)O)cc1[N+](=O)[O-]. The number of benzene rings is 1. The van der Waals surface area contributed by atoms with Gasteiger partial charge in [0.2, 0.25) is 0 Å². The van der Waals surface area contributed by atoms with Crippen molar-refractivity contribution in [1.82, 2.24) is 0 Å². The average Bonchev–Trinajstić information content (AvgIpc) is 2.16. The van der Waals surface area contributed by atoms with Crippen molar-refractivity contribution in [3.63, 3.8) is 0 Å². The van der Waals surface area contributed by atoms with Crippen LogP contribution in [-0.4, -0.2) is 22.5 Å². The van der Waals surface area contributed by atoms with E-state index in [1.165, 1.54) is 6.07 Å². The van der Waals surface area contributed by atoms with E-state index >= 15 is 0 Å². The molecule has 80 valence electrons. The highest BCUT2D eigenvalue weighted by atomic mass is 16.6. The molecule has 0 atom stereocenters. The minimum absolute atomic E-state index is 0.0228. The van der Waals surface area contributed by atoms with Gasteiger partial charge in [-0.1, -0.05) is 6.07 Å². The number of nitrogens with zero attached hydrogens (tertiary/aromatic N) is 1. The number of rotatable bonds is 4. The maximum atomic E-state index is 10.6. The van der Waals surface area contributed by atoms with Gasteiger partial charge in [-0.25, -0.2) is 0 Å². The van der Waals surface area contributed by atoms with E-state index in [-0.39, 0.29) is 12.2 Å². The quantitative estimate of drug-likeness (QED) is 0.578. The van der Waals surface area contributed by atoms with Crippen LogP contribution in [0.1, 0.15) is 5.56 Å². The molecule has 6 nitrogen and oxygen atoms in total. The summed E-state index contributed by atoms with van der Waals surface area (Å²) in [5, 5.41) is 21.5. The van der Waals surface area contributed by atoms with Gasteiger partial charge in [0.25, 0.3) is 5.69 Å². The second-order valence-electron chi connectivity index (χ2n) is 3.01. The van der Waals surface area contributed by atoms with Gasteiger partial charge in [0, 0.05) is 17.3 Å². The molecular formula is C9H10N2O4. The Morgan fingerprint density at radius 3 is 2.80 bits per heavy atom. The van der Waals surface area contributed by atoms with Crippen LogP contribution in [0.5, 0.6) is 0 Å². The Bertz CT molecular complexity index is 403. The first-order valence-corrected chi connectivity index (χ1v) is 4.21. The van der Waals surface area contributed by atoms with Crippen LogP contribution in [0, 0.1) is 17.0 Å². The van der Waals surface area contributed by atoms with E-state index in [1.54, 1.807) is 19.1 Å². The number of aryl methyl sites for hydroxylation is 1. The summed E-state index contributed by atoms with van der Waals surface area (Å²) < 4.78 is 0. The molecule has 0 bridgehead atoms. The molecule has 6 heteroatoms. The number of anilines is 1. The fraction of sp³-hybridized carbons (Fsp3) is 0.222. The number of hydrogen-bond donors (Lipinski definition) is 2. The van der Waals surface area contributed by atoms with E-state index in [2.05, 4.69) is 5.32 Å². The monoisotopic (exact) mass is 210 g/mol. The lowest BCUT2D eigenvalue weighted by atomic mass is 10.2. The molecule has 1 aromatic rings. The van der Waals surface area contributed by atoms with Gasteiger partial charge in [0.1, 0.15) is 6.54 Å². The molecule has 0 spiro atoms. The zero-order valence-corrected chi connectivity index (χ0v) is 8.06. The normalized spacial score (nSPS) is 9.67. The molecule has 0 heterocycles. The molecule has 0 saturated carbocycles. The van der Waals surface area contributed by atoms with Gasteiger partial charge >= 0.3 is 5.97 Å². The Labute approximate surface area is 85.7 Å². The Balaban J connectivity index is 2.87. The van der Waals surface area contributed by atoms with Crippen molar-refractivity contribution in [3.8, 4) is 0 Å². The van der Waals surface area contributed by atoms with Gasteiger partial charge in [0.15, 0.2) is 0 Å². The van der Waals surface area contributed by atoms with E-state index in [0.29, 0.717) is 11.3 Å². The predicted molar refractivity (Wildman–Crippen MR) is 54.0 cm³/mol. The van der Waals surface area contributed by atoms with E-state index in [1.807, 2.05) is 0 Å². The lowest BCUT2D eigenvalue weighted by Crippen LogP contribution is -2.12. The van der Waals surface area contributed by atoms with Crippen LogP contribution >= 0.6 is 0 Å². The molecule has 0 unspecified atom stereocenters. The van der Waals surface area contributed by atoms with Crippen LogP contribution in [0.2, 0.25) is 0 Å². The van der Waals surface area contributed by atoms with E-state index in [4.69, 9.17) is 5.11 Å². The van der Waals surface area contributed by atoms with Crippen molar-refractivity contribution < 1.29 is 14.8 Å². The largest absolute Gasteiger partial charge is 0.480 e. The summed E-state index contributed by atoms with van der Waals surface area (Å²) in [6.07, 6.45) is 0. The minimum Gasteiger partial charge on any atom is -0.480 e. The van der Waals surface area contributed by atoms with Crippen molar-refractivity contribution in [2.45, 2.75) is 6.92 Å². The Morgan fingerprint density at radius 1 is 1.60 bits per heavy atom. The van der Waals surface area contributed by atoms with Crippen LogP contribution < -0.4 is 5.32 Å². The molecule has 2 N–H and O–H groups in total. The number of nitro groups is 1. The van der Waals surface area contributed by atoms with E-state index in [9.17, 15) is 14.9 Å². The Kier molecular flexibility index (Phi) is 3.22. The molecule has 0 fully saturated rings. The van der Waals surface area contributed by atoms with Crippen molar-refractivity contribution in [2.24, 2.45) is 0 Å². The van der Waals surface area contributed by atoms with Crippen LogP contribution in [0.25, 0.3) is 0 Å². The summed E-state index contributed by atoms with van der Waals surface area (Å²) in [7, 11) is 0. The number of nitrogens with one attached hydrogen (secondary N) is 1. The summed E-state index contributed by atoms with van der Waals surface area (Å²) in [4.78, 5) is 20.3. The van der Waals surface area contributed by atoms with Gasteiger partial charge in [-0.05, 0) is 13.0 Å². The van der Waals surface area contributed by atoms with Gasteiger partial charge < -0.3 is 10.4 Å². The van der Waals surface area contributed by atoms with Gasteiger partial charge in [-0.2, -0.15) is 0 Å². The third kappa shape index (κ3) is 2.94. The molecule has 1 aromatic carbocycles. The van der Waals surface area contributed by atoms with Crippen LogP contribution in [0.3, 0.4) is 0 Å². The summed E-state index contributed by atoms with van der Waals surface area (Å²) >= 11 is 0. The topological polar surface area (TPSA) is 92.5 Å². The number of carboxylic acids is 1. The van der Waals surface area contributed by atoms with Crippen molar-refractivity contribution in [2.75, 3.05) is 11.9 Å². The zero-order valence-electron chi connectivity index (χ0n) is 8.06. The first-order chi connectivity index (χ1) is 7.00. The maximum Gasteiger partial charge on any atom is 0.322 e. The summed E-state index contributed by atoms with van der Waals surface area (Å²) in [6.45, 7) is 1.36. The Morgan fingerprint density at radius 2 is 2.27 bits per heavy atom. The fourth-order valence-corrected chi connectivity index (χ4v) is 1.09. The Hall–Kier alpha value is -2.11. The highest BCUT2D eigenvalue weighted by Crippen LogP contribution is 2.21. The predicted octanol–water partition coefficient (Wildman–Crippen LogP) is 1.40. The second-order valence-corrected chi connectivity index (χ2v) is 3.01. The molecular weight excluding hydrogens is 200 g/mol. The maximum absolute atomic E-state index is 10.6. The van der Waals surface area contributed by atoms with Crippen molar-refractivity contribution in [3.05, 3.63) is 33.9 Å². The van der Waals surface area contributed by atoms with Crippen LogP contribution in [-0.2, 0) is 4.79 Å². The average molecular weight is 210 g/mol. The smallest absolute Gasteiger partial charge is 0.322 e. The highest BCUT2D eigenvalue weighted by molar-refractivity contribution is 5.73. The summed E-state index contributed by atoms with van der Waals surface area (Å²) in [5.41, 5.74) is 0.945. The molecule has 0 aromatic heterocycles. The lowest BCUT2D eigenvalue weighted by Gasteiger charge is -2.04. The van der Waals surface area contributed by atoms with Crippen LogP contribution in [0.4, 0.5) is 11.4 Å². The number of carbonyl (C=O) groups is 1. The van der Waals surface area contributed by atoms with Gasteiger partial charge in [0.05, 0.1) is 4.92 Å². The second kappa shape index (κ2) is 4.41. The highest BCUT2D eigenvalue weighted by Gasteiger charge is 2.10. The summed E-state index contributed by atoms with van der Waals surface area (Å²) in [5.74, 6) is -1.02. The van der Waals surface area contributed by atoms with Crippen LogP contribution in [0.15, 0.2) is 18.2 Å². The molecule has 0 aliphatic rings. The number of nitro benzene ring substituents is 1. The van der Waals surface area contributed by atoms with Crippen molar-refractivity contribution >= 4 is 17.3 Å². The molecule has 0 saturated heterocycles. The molecule has 0 amide bonds. The molecule has 1 rings (SSSR count). The first-order valence-electron chi connectivity index (χ1n) is 4.21. The number of hydrogen-bond acceptors (Lipinski definition) is 4. The lowest BCUT2D eigenvalue weighted by molar-refractivity contribution is -0.385. The molecule has 0 aliphatic carbocycles. The molecule has 0 radical (unpaired) electrons. The fourth-order valence-electron chi connectivity index (χ4n) is 1.09. The minimum atomic E-state index is -1.02.